The first-order chi connectivity index (χ1) is 16.4. The van der Waals surface area contributed by atoms with Crippen LogP contribution >= 0.6 is 0 Å². The van der Waals surface area contributed by atoms with Crippen molar-refractivity contribution in [2.75, 3.05) is 18.0 Å². The molecule has 1 fully saturated rings. The van der Waals surface area contributed by atoms with Gasteiger partial charge in [0.15, 0.2) is 0 Å². The molecule has 2 aliphatic rings. The molecule has 2 atom stereocenters. The van der Waals surface area contributed by atoms with Gasteiger partial charge >= 0.3 is 0 Å². The topological polar surface area (TPSA) is 65.0 Å². The first-order valence-electron chi connectivity index (χ1n) is 12.1. The van der Waals surface area contributed by atoms with E-state index in [0.29, 0.717) is 17.8 Å². The number of carbonyl (C=O) groups is 2. The number of hydrogen-bond donors (Lipinski definition) is 1. The monoisotopic (exact) mass is 464 g/mol. The number of benzene rings is 2. The molecule has 2 unspecified atom stereocenters. The Morgan fingerprint density at radius 2 is 1.85 bits per heavy atom. The molecule has 2 aromatic carbocycles. The van der Waals surface area contributed by atoms with Crippen molar-refractivity contribution in [3.63, 3.8) is 0 Å². The summed E-state index contributed by atoms with van der Waals surface area (Å²) in [6.07, 6.45) is 5.21. The van der Waals surface area contributed by atoms with Crippen LogP contribution < -0.4 is 10.2 Å². The van der Waals surface area contributed by atoms with Crippen LogP contribution in [0.5, 0.6) is 0 Å². The molecule has 0 spiro atoms. The molecule has 1 N–H and O–H groups in total. The van der Waals surface area contributed by atoms with Gasteiger partial charge in [0.1, 0.15) is 11.9 Å². The quantitative estimate of drug-likeness (QED) is 0.658. The Balaban J connectivity index is 1.72. The number of amides is 2. The first-order valence-corrected chi connectivity index (χ1v) is 12.1. The van der Waals surface area contributed by atoms with E-state index in [1.54, 1.807) is 12.1 Å². The van der Waals surface area contributed by atoms with Crippen molar-refractivity contribution in [2.45, 2.75) is 64.1 Å². The molecular weight excluding hydrogens is 431 g/mol. The third kappa shape index (κ3) is 5.46. The highest BCUT2D eigenvalue weighted by atomic mass is 19.1. The van der Waals surface area contributed by atoms with Crippen LogP contribution in [0, 0.1) is 5.82 Å². The maximum Gasteiger partial charge on any atom is 0.248 e. The molecular formula is C27H33FN4O2. The molecule has 6 nitrogen and oxygen atoms in total. The number of rotatable bonds is 7. The number of halogens is 1. The normalized spacial score (nSPS) is 19.4. The second-order valence-corrected chi connectivity index (χ2v) is 9.27. The van der Waals surface area contributed by atoms with E-state index >= 15 is 0 Å². The molecule has 1 aliphatic heterocycles. The van der Waals surface area contributed by atoms with E-state index in [1.807, 2.05) is 49.1 Å². The summed E-state index contributed by atoms with van der Waals surface area (Å²) in [7, 11) is 0. The summed E-state index contributed by atoms with van der Waals surface area (Å²) < 4.78 is 14.3. The highest BCUT2D eigenvalue weighted by molar-refractivity contribution is 6.03. The Morgan fingerprint density at radius 1 is 1.12 bits per heavy atom. The highest BCUT2D eigenvalue weighted by Crippen LogP contribution is 2.30. The molecule has 180 valence electrons. The summed E-state index contributed by atoms with van der Waals surface area (Å²) in [5.41, 5.74) is 1.05. The van der Waals surface area contributed by atoms with Crippen molar-refractivity contribution >= 4 is 23.3 Å². The van der Waals surface area contributed by atoms with Gasteiger partial charge < -0.3 is 10.2 Å². The molecule has 1 heterocycles. The molecule has 0 bridgehead atoms. The van der Waals surface area contributed by atoms with Crippen LogP contribution in [0.3, 0.4) is 0 Å². The highest BCUT2D eigenvalue weighted by Gasteiger charge is 2.36. The maximum absolute atomic E-state index is 14.3. The first kappa shape index (κ1) is 23.9. The van der Waals surface area contributed by atoms with E-state index in [9.17, 15) is 14.0 Å². The summed E-state index contributed by atoms with van der Waals surface area (Å²) in [6, 6.07) is 14.4. The standard InChI is InChI=1S/C27H33FN4O2/c1-19-17-29-20(2)31(19)18-25(33)32(24-15-9-12-22(28)16-24)26(21-10-5-3-6-11-21)27(34)30-23-13-7-4-8-14-23/h3,5-6,9-12,15-16,19,23,26H,4,7-8,13-14,17-18H2,1-2H3,(H,30,34). The molecule has 2 amide bonds. The summed E-state index contributed by atoms with van der Waals surface area (Å²) in [5, 5.41) is 3.18. The van der Waals surface area contributed by atoms with Gasteiger partial charge in [0.2, 0.25) is 11.8 Å². The van der Waals surface area contributed by atoms with Crippen molar-refractivity contribution in [1.29, 1.82) is 0 Å². The third-order valence-corrected chi connectivity index (χ3v) is 6.77. The fourth-order valence-corrected chi connectivity index (χ4v) is 4.91. The van der Waals surface area contributed by atoms with E-state index in [2.05, 4.69) is 10.3 Å². The zero-order valence-electron chi connectivity index (χ0n) is 19.9. The minimum absolute atomic E-state index is 0.0626. The van der Waals surface area contributed by atoms with Gasteiger partial charge in [-0.2, -0.15) is 0 Å². The molecule has 34 heavy (non-hydrogen) atoms. The predicted octanol–water partition coefficient (Wildman–Crippen LogP) is 4.47. The smallest absolute Gasteiger partial charge is 0.248 e. The van der Waals surface area contributed by atoms with Crippen LogP contribution in [-0.4, -0.2) is 47.7 Å². The zero-order valence-corrected chi connectivity index (χ0v) is 19.9. The van der Waals surface area contributed by atoms with Crippen LogP contribution in [0.2, 0.25) is 0 Å². The number of aliphatic imine (C=N–C) groups is 1. The minimum Gasteiger partial charge on any atom is -0.351 e. The number of amidine groups is 1. The van der Waals surface area contributed by atoms with Crippen molar-refractivity contribution in [3.05, 3.63) is 66.0 Å². The maximum atomic E-state index is 14.3. The average Bonchev–Trinajstić information content (AvgIpc) is 3.15. The van der Waals surface area contributed by atoms with Gasteiger partial charge in [-0.25, -0.2) is 4.39 Å². The Hall–Kier alpha value is -3.22. The Labute approximate surface area is 200 Å². The minimum atomic E-state index is -0.910. The molecule has 2 aromatic rings. The Kier molecular flexibility index (Phi) is 7.60. The second-order valence-electron chi connectivity index (χ2n) is 9.27. The SMILES string of the molecule is CC1=NCC(C)N1CC(=O)N(c1cccc(F)c1)C(C(=O)NC1CCCCC1)c1ccccc1. The van der Waals surface area contributed by atoms with Gasteiger partial charge in [-0.05, 0) is 50.5 Å². The largest absolute Gasteiger partial charge is 0.351 e. The average molecular weight is 465 g/mol. The van der Waals surface area contributed by atoms with E-state index in [-0.39, 0.29) is 30.4 Å². The van der Waals surface area contributed by atoms with Gasteiger partial charge in [0.25, 0.3) is 0 Å². The van der Waals surface area contributed by atoms with E-state index in [0.717, 1.165) is 31.5 Å². The van der Waals surface area contributed by atoms with Crippen LogP contribution in [0.25, 0.3) is 0 Å². The summed E-state index contributed by atoms with van der Waals surface area (Å²) in [4.78, 5) is 35.4. The molecule has 7 heteroatoms. The third-order valence-electron chi connectivity index (χ3n) is 6.77. The molecule has 0 saturated heterocycles. The molecule has 0 radical (unpaired) electrons. The van der Waals surface area contributed by atoms with Crippen LogP contribution in [0.4, 0.5) is 10.1 Å². The molecule has 4 rings (SSSR count). The lowest BCUT2D eigenvalue weighted by atomic mass is 9.94. The summed E-state index contributed by atoms with van der Waals surface area (Å²) >= 11 is 0. The van der Waals surface area contributed by atoms with Gasteiger partial charge in [0, 0.05) is 17.8 Å². The number of nitrogens with zero attached hydrogens (tertiary/aromatic N) is 3. The summed E-state index contributed by atoms with van der Waals surface area (Å²) in [5.74, 6) is -0.179. The lowest BCUT2D eigenvalue weighted by molar-refractivity contribution is -0.127. The number of hydrogen-bond acceptors (Lipinski definition) is 4. The van der Waals surface area contributed by atoms with E-state index in [1.165, 1.54) is 23.5 Å². The summed E-state index contributed by atoms with van der Waals surface area (Å²) in [6.45, 7) is 4.59. The number of anilines is 1. The second kappa shape index (κ2) is 10.8. The number of carbonyl (C=O) groups excluding carboxylic acids is 2. The van der Waals surface area contributed by atoms with Gasteiger partial charge in [-0.15, -0.1) is 0 Å². The van der Waals surface area contributed by atoms with Crippen LogP contribution in [0.1, 0.15) is 57.6 Å². The van der Waals surface area contributed by atoms with Crippen LogP contribution in [0.15, 0.2) is 59.6 Å². The lowest BCUT2D eigenvalue weighted by Crippen LogP contribution is -2.50. The van der Waals surface area contributed by atoms with Gasteiger partial charge in [0.05, 0.1) is 18.9 Å². The predicted molar refractivity (Wildman–Crippen MR) is 132 cm³/mol. The number of nitrogens with one attached hydrogen (secondary N) is 1. The van der Waals surface area contributed by atoms with Crippen molar-refractivity contribution in [3.8, 4) is 0 Å². The molecule has 0 aromatic heterocycles. The Morgan fingerprint density at radius 3 is 2.50 bits per heavy atom. The van der Waals surface area contributed by atoms with Gasteiger partial charge in [-0.3, -0.25) is 19.5 Å². The fourth-order valence-electron chi connectivity index (χ4n) is 4.91. The van der Waals surface area contributed by atoms with Crippen LogP contribution in [-0.2, 0) is 9.59 Å². The van der Waals surface area contributed by atoms with Gasteiger partial charge in [-0.1, -0.05) is 55.7 Å². The molecule has 1 aliphatic carbocycles. The van der Waals surface area contributed by atoms with E-state index < -0.39 is 11.9 Å². The van der Waals surface area contributed by atoms with Crippen molar-refractivity contribution < 1.29 is 14.0 Å². The molecule has 1 saturated carbocycles. The van der Waals surface area contributed by atoms with E-state index in [4.69, 9.17) is 0 Å². The van der Waals surface area contributed by atoms with Crippen molar-refractivity contribution in [2.24, 2.45) is 4.99 Å². The fraction of sp³-hybridized carbons (Fsp3) is 0.444. The lowest BCUT2D eigenvalue weighted by Gasteiger charge is -2.35. The Bertz CT molecular complexity index is 1040. The van der Waals surface area contributed by atoms with Crippen molar-refractivity contribution in [1.82, 2.24) is 10.2 Å². The zero-order chi connectivity index (χ0) is 24.1.